The third kappa shape index (κ3) is 4.49. The first-order chi connectivity index (χ1) is 9.65. The monoisotopic (exact) mass is 306 g/mol. The van der Waals surface area contributed by atoms with E-state index in [1.54, 1.807) is 0 Å². The molecule has 0 aromatic heterocycles. The van der Waals surface area contributed by atoms with Gasteiger partial charge in [-0.25, -0.2) is 5.48 Å². The topological polar surface area (TPSA) is 33.3 Å². The number of anilines is 1. The molecule has 0 saturated heterocycles. The second kappa shape index (κ2) is 7.24. The van der Waals surface area contributed by atoms with Crippen LogP contribution in [-0.2, 0) is 11.4 Å². The molecule has 0 aliphatic heterocycles. The van der Waals surface area contributed by atoms with Crippen molar-refractivity contribution in [2.24, 2.45) is 0 Å². The molecule has 2 aromatic carbocycles. The molecule has 0 spiro atoms. The summed E-state index contributed by atoms with van der Waals surface area (Å²) >= 11 is 11.2. The summed E-state index contributed by atoms with van der Waals surface area (Å²) in [6, 6.07) is 15.5. The summed E-state index contributed by atoms with van der Waals surface area (Å²) < 4.78 is 0. The van der Waals surface area contributed by atoms with Gasteiger partial charge in [0.15, 0.2) is 5.11 Å². The molecule has 0 amide bonds. The van der Waals surface area contributed by atoms with Gasteiger partial charge in [0.1, 0.15) is 0 Å². The molecule has 0 aliphatic rings. The van der Waals surface area contributed by atoms with E-state index in [1.807, 2.05) is 55.5 Å². The molecule has 0 aliphatic carbocycles. The molecule has 3 nitrogen and oxygen atoms in total. The van der Waals surface area contributed by atoms with Crippen molar-refractivity contribution >= 4 is 34.6 Å². The SMILES string of the molecule is Cc1ccc(NC(=S)NOCc2ccccc2)cc1Cl. The first kappa shape index (κ1) is 14.8. The lowest BCUT2D eigenvalue weighted by Gasteiger charge is -2.11. The molecule has 20 heavy (non-hydrogen) atoms. The van der Waals surface area contributed by atoms with Crippen molar-refractivity contribution < 1.29 is 4.84 Å². The van der Waals surface area contributed by atoms with Crippen LogP contribution in [0.25, 0.3) is 0 Å². The van der Waals surface area contributed by atoms with Crippen molar-refractivity contribution in [3.8, 4) is 0 Å². The second-order valence-electron chi connectivity index (χ2n) is 4.29. The molecule has 0 atom stereocenters. The number of hydrogen-bond acceptors (Lipinski definition) is 2. The van der Waals surface area contributed by atoms with Crippen LogP contribution in [0.15, 0.2) is 48.5 Å². The van der Waals surface area contributed by atoms with Crippen LogP contribution in [0.2, 0.25) is 5.02 Å². The molecule has 2 N–H and O–H groups in total. The van der Waals surface area contributed by atoms with Crippen LogP contribution < -0.4 is 10.8 Å². The molecule has 0 unspecified atom stereocenters. The first-order valence-electron chi connectivity index (χ1n) is 6.14. The zero-order valence-electron chi connectivity index (χ0n) is 11.0. The summed E-state index contributed by atoms with van der Waals surface area (Å²) in [5, 5.41) is 4.09. The van der Waals surface area contributed by atoms with Gasteiger partial charge in [-0.1, -0.05) is 48.0 Å². The summed E-state index contributed by atoms with van der Waals surface area (Å²) in [7, 11) is 0. The zero-order valence-corrected chi connectivity index (χ0v) is 12.6. The lowest BCUT2D eigenvalue weighted by atomic mass is 10.2. The standard InChI is InChI=1S/C15H15ClN2OS/c1-11-7-8-13(9-14(11)16)17-15(20)18-19-10-12-5-3-2-4-6-12/h2-9H,10H2,1H3,(H2,17,18,20). The van der Waals surface area contributed by atoms with E-state index >= 15 is 0 Å². The largest absolute Gasteiger partial charge is 0.331 e. The highest BCUT2D eigenvalue weighted by Gasteiger charge is 2.01. The van der Waals surface area contributed by atoms with Crippen LogP contribution in [0, 0.1) is 6.92 Å². The quantitative estimate of drug-likeness (QED) is 0.659. The number of nitrogens with one attached hydrogen (secondary N) is 2. The van der Waals surface area contributed by atoms with Gasteiger partial charge >= 0.3 is 0 Å². The minimum atomic E-state index is 0.390. The maximum Gasteiger partial charge on any atom is 0.195 e. The number of halogens is 1. The average Bonchev–Trinajstić information content (AvgIpc) is 2.44. The second-order valence-corrected chi connectivity index (χ2v) is 5.11. The first-order valence-corrected chi connectivity index (χ1v) is 6.92. The van der Waals surface area contributed by atoms with E-state index in [2.05, 4.69) is 10.8 Å². The number of aryl methyl sites for hydroxylation is 1. The predicted molar refractivity (Wildman–Crippen MR) is 86.8 cm³/mol. The maximum absolute atomic E-state index is 6.05. The Hall–Kier alpha value is -1.62. The number of benzene rings is 2. The molecule has 0 bridgehead atoms. The summed E-state index contributed by atoms with van der Waals surface area (Å²) in [6.45, 7) is 2.39. The van der Waals surface area contributed by atoms with Gasteiger partial charge in [0.2, 0.25) is 0 Å². The van der Waals surface area contributed by atoms with Gasteiger partial charge in [0, 0.05) is 10.7 Å². The predicted octanol–water partition coefficient (Wildman–Crippen LogP) is 4.07. The summed E-state index contributed by atoms with van der Waals surface area (Å²) in [4.78, 5) is 5.32. The lowest BCUT2D eigenvalue weighted by Crippen LogP contribution is -2.28. The Morgan fingerprint density at radius 3 is 2.65 bits per heavy atom. The van der Waals surface area contributed by atoms with Crippen molar-refractivity contribution in [3.63, 3.8) is 0 Å². The average molecular weight is 307 g/mol. The molecule has 5 heteroatoms. The Kier molecular flexibility index (Phi) is 5.35. The van der Waals surface area contributed by atoms with E-state index in [1.165, 1.54) is 0 Å². The van der Waals surface area contributed by atoms with Crippen molar-refractivity contribution in [2.75, 3.05) is 5.32 Å². The normalized spacial score (nSPS) is 10.1. The van der Waals surface area contributed by atoms with Crippen LogP contribution in [0.4, 0.5) is 5.69 Å². The van der Waals surface area contributed by atoms with Crippen LogP contribution in [0.5, 0.6) is 0 Å². The van der Waals surface area contributed by atoms with E-state index in [0.717, 1.165) is 16.8 Å². The minimum Gasteiger partial charge on any atom is -0.331 e. The van der Waals surface area contributed by atoms with Crippen molar-refractivity contribution in [2.45, 2.75) is 13.5 Å². The minimum absolute atomic E-state index is 0.390. The van der Waals surface area contributed by atoms with Crippen molar-refractivity contribution in [1.29, 1.82) is 0 Å². The van der Waals surface area contributed by atoms with E-state index in [-0.39, 0.29) is 0 Å². The smallest absolute Gasteiger partial charge is 0.195 e. The van der Waals surface area contributed by atoms with Gasteiger partial charge < -0.3 is 5.32 Å². The fraction of sp³-hybridized carbons (Fsp3) is 0.133. The molecule has 0 fully saturated rings. The summed E-state index contributed by atoms with van der Waals surface area (Å²) in [6.07, 6.45) is 0. The van der Waals surface area contributed by atoms with Crippen LogP contribution in [0.1, 0.15) is 11.1 Å². The maximum atomic E-state index is 6.05. The third-order valence-electron chi connectivity index (χ3n) is 2.68. The highest BCUT2D eigenvalue weighted by atomic mass is 35.5. The lowest BCUT2D eigenvalue weighted by molar-refractivity contribution is 0.0728. The number of hydroxylamine groups is 1. The van der Waals surface area contributed by atoms with Gasteiger partial charge in [-0.05, 0) is 42.4 Å². The zero-order chi connectivity index (χ0) is 14.4. The van der Waals surface area contributed by atoms with E-state index in [4.69, 9.17) is 28.7 Å². The molecule has 104 valence electrons. The number of rotatable bonds is 4. The molecule has 2 rings (SSSR count). The molecule has 0 saturated carbocycles. The Balaban J connectivity index is 1.79. The molecule has 2 aromatic rings. The fourth-order valence-electron chi connectivity index (χ4n) is 1.59. The summed E-state index contributed by atoms with van der Waals surface area (Å²) in [5.41, 5.74) is 5.61. The van der Waals surface area contributed by atoms with Gasteiger partial charge in [0.05, 0.1) is 6.61 Å². The fourth-order valence-corrected chi connectivity index (χ4v) is 1.94. The van der Waals surface area contributed by atoms with Crippen LogP contribution in [-0.4, -0.2) is 5.11 Å². The summed E-state index contributed by atoms with van der Waals surface area (Å²) in [5.74, 6) is 0. The van der Waals surface area contributed by atoms with Gasteiger partial charge in [0.25, 0.3) is 0 Å². The number of thiocarbonyl (C=S) groups is 1. The molecular formula is C15H15ClN2OS. The molecule has 0 radical (unpaired) electrons. The van der Waals surface area contributed by atoms with Crippen molar-refractivity contribution in [3.05, 3.63) is 64.7 Å². The van der Waals surface area contributed by atoms with Crippen molar-refractivity contribution in [1.82, 2.24) is 5.48 Å². The molecule has 0 heterocycles. The Labute approximate surface area is 128 Å². The van der Waals surface area contributed by atoms with E-state index in [9.17, 15) is 0 Å². The highest BCUT2D eigenvalue weighted by molar-refractivity contribution is 7.80. The highest BCUT2D eigenvalue weighted by Crippen LogP contribution is 2.19. The van der Waals surface area contributed by atoms with Gasteiger partial charge in [-0.15, -0.1) is 0 Å². The third-order valence-corrected chi connectivity index (χ3v) is 3.27. The Morgan fingerprint density at radius 1 is 1.20 bits per heavy atom. The Morgan fingerprint density at radius 2 is 1.95 bits per heavy atom. The number of hydrogen-bond donors (Lipinski definition) is 2. The van der Waals surface area contributed by atoms with E-state index in [0.29, 0.717) is 16.7 Å². The van der Waals surface area contributed by atoms with Crippen LogP contribution in [0.3, 0.4) is 0 Å². The van der Waals surface area contributed by atoms with Crippen LogP contribution >= 0.6 is 23.8 Å². The Bertz CT molecular complexity index is 590. The van der Waals surface area contributed by atoms with Gasteiger partial charge in [-0.3, -0.25) is 4.84 Å². The van der Waals surface area contributed by atoms with Gasteiger partial charge in [-0.2, -0.15) is 0 Å². The molecular weight excluding hydrogens is 292 g/mol. The van der Waals surface area contributed by atoms with E-state index < -0.39 is 0 Å².